The lowest BCUT2D eigenvalue weighted by atomic mass is 10.2. The zero-order valence-corrected chi connectivity index (χ0v) is 13.3. The Hall–Kier alpha value is -1.49. The number of esters is 1. The van der Waals surface area contributed by atoms with Crippen LogP contribution in [0.2, 0.25) is 0 Å². The second-order valence-corrected chi connectivity index (χ2v) is 4.56. The van der Waals surface area contributed by atoms with Crippen LogP contribution in [-0.2, 0) is 14.3 Å². The fourth-order valence-electron chi connectivity index (χ4n) is 1.49. The molecule has 4 nitrogen and oxygen atoms in total. The second-order valence-electron chi connectivity index (χ2n) is 3.77. The van der Waals surface area contributed by atoms with E-state index in [1.807, 2.05) is 31.2 Å². The standard InChI is InChI=1S/C15H19BrO4/c1-3-18-14(15(17)19-4-2)11-12-5-7-13(8-6-12)20-10-9-16/h5-8,11H,3-4,9-10H2,1-2H3. The van der Waals surface area contributed by atoms with Crippen LogP contribution < -0.4 is 4.74 Å². The highest BCUT2D eigenvalue weighted by Crippen LogP contribution is 2.15. The van der Waals surface area contributed by atoms with Gasteiger partial charge in [0.2, 0.25) is 5.76 Å². The summed E-state index contributed by atoms with van der Waals surface area (Å²) in [6.45, 7) is 4.93. The fourth-order valence-corrected chi connectivity index (χ4v) is 1.65. The number of rotatable bonds is 8. The molecule has 0 atom stereocenters. The molecule has 0 saturated heterocycles. The first-order chi connectivity index (χ1) is 9.71. The molecule has 0 unspecified atom stereocenters. The molecule has 1 rings (SSSR count). The number of hydrogen-bond donors (Lipinski definition) is 0. The summed E-state index contributed by atoms with van der Waals surface area (Å²) in [5.74, 6) is 0.549. The minimum Gasteiger partial charge on any atom is -0.493 e. The van der Waals surface area contributed by atoms with Crippen LogP contribution in [0.5, 0.6) is 5.75 Å². The van der Waals surface area contributed by atoms with Crippen molar-refractivity contribution in [2.24, 2.45) is 0 Å². The number of alkyl halides is 1. The largest absolute Gasteiger partial charge is 0.493 e. The highest BCUT2D eigenvalue weighted by atomic mass is 79.9. The molecule has 0 aromatic heterocycles. The molecule has 1 aromatic carbocycles. The van der Waals surface area contributed by atoms with E-state index in [-0.39, 0.29) is 5.76 Å². The van der Waals surface area contributed by atoms with Gasteiger partial charge in [0.25, 0.3) is 0 Å². The van der Waals surface area contributed by atoms with Crippen LogP contribution in [0.25, 0.3) is 6.08 Å². The number of ether oxygens (including phenoxy) is 3. The maximum absolute atomic E-state index is 11.7. The monoisotopic (exact) mass is 342 g/mol. The first kappa shape index (κ1) is 16.6. The molecule has 5 heteroatoms. The Labute approximate surface area is 127 Å². The van der Waals surface area contributed by atoms with Crippen LogP contribution in [0.3, 0.4) is 0 Å². The Morgan fingerprint density at radius 3 is 2.35 bits per heavy atom. The molecule has 0 radical (unpaired) electrons. The van der Waals surface area contributed by atoms with Gasteiger partial charge in [-0.3, -0.25) is 0 Å². The number of benzene rings is 1. The van der Waals surface area contributed by atoms with Gasteiger partial charge in [-0.25, -0.2) is 4.79 Å². The fraction of sp³-hybridized carbons (Fsp3) is 0.400. The molecule has 20 heavy (non-hydrogen) atoms. The van der Waals surface area contributed by atoms with Gasteiger partial charge < -0.3 is 14.2 Å². The van der Waals surface area contributed by atoms with E-state index in [1.165, 1.54) is 0 Å². The molecule has 0 amide bonds. The van der Waals surface area contributed by atoms with Gasteiger partial charge in [0.05, 0.1) is 19.8 Å². The quantitative estimate of drug-likeness (QED) is 0.314. The minimum absolute atomic E-state index is 0.212. The maximum atomic E-state index is 11.7. The lowest BCUT2D eigenvalue weighted by molar-refractivity contribution is -0.142. The minimum atomic E-state index is -0.450. The average Bonchev–Trinajstić information content (AvgIpc) is 2.46. The van der Waals surface area contributed by atoms with E-state index in [9.17, 15) is 4.79 Å². The van der Waals surface area contributed by atoms with Crippen molar-refractivity contribution in [2.45, 2.75) is 13.8 Å². The Balaban J connectivity index is 2.79. The highest BCUT2D eigenvalue weighted by Gasteiger charge is 2.11. The summed E-state index contributed by atoms with van der Waals surface area (Å²) in [5.41, 5.74) is 0.854. The summed E-state index contributed by atoms with van der Waals surface area (Å²) in [7, 11) is 0. The van der Waals surface area contributed by atoms with E-state index in [0.717, 1.165) is 16.6 Å². The van der Waals surface area contributed by atoms with Gasteiger partial charge in [-0.15, -0.1) is 0 Å². The summed E-state index contributed by atoms with van der Waals surface area (Å²) in [4.78, 5) is 11.7. The summed E-state index contributed by atoms with van der Waals surface area (Å²) in [5, 5.41) is 0.784. The van der Waals surface area contributed by atoms with Gasteiger partial charge in [0, 0.05) is 5.33 Å². The molecular weight excluding hydrogens is 324 g/mol. The normalized spacial score (nSPS) is 11.1. The Morgan fingerprint density at radius 1 is 1.15 bits per heavy atom. The molecule has 0 N–H and O–H groups in total. The van der Waals surface area contributed by atoms with Crippen LogP contribution in [0.15, 0.2) is 30.0 Å². The van der Waals surface area contributed by atoms with Crippen molar-refractivity contribution in [3.05, 3.63) is 35.6 Å². The molecule has 110 valence electrons. The first-order valence-corrected chi connectivity index (χ1v) is 7.63. The lowest BCUT2D eigenvalue weighted by Crippen LogP contribution is -2.10. The molecule has 0 aliphatic heterocycles. The van der Waals surface area contributed by atoms with Gasteiger partial charge >= 0.3 is 5.97 Å². The van der Waals surface area contributed by atoms with Crippen molar-refractivity contribution >= 4 is 28.0 Å². The Bertz CT molecular complexity index is 440. The molecule has 0 heterocycles. The smallest absolute Gasteiger partial charge is 0.373 e. The molecule has 0 aliphatic rings. The summed E-state index contributed by atoms with van der Waals surface area (Å²) >= 11 is 3.30. The van der Waals surface area contributed by atoms with Crippen molar-refractivity contribution in [3.8, 4) is 5.75 Å². The molecular formula is C15H19BrO4. The van der Waals surface area contributed by atoms with Crippen molar-refractivity contribution < 1.29 is 19.0 Å². The van der Waals surface area contributed by atoms with Crippen molar-refractivity contribution in [1.82, 2.24) is 0 Å². The van der Waals surface area contributed by atoms with Crippen molar-refractivity contribution in [3.63, 3.8) is 0 Å². The molecule has 0 fully saturated rings. The highest BCUT2D eigenvalue weighted by molar-refractivity contribution is 9.09. The van der Waals surface area contributed by atoms with Crippen molar-refractivity contribution in [2.75, 3.05) is 25.2 Å². The van der Waals surface area contributed by atoms with Crippen LogP contribution in [-0.4, -0.2) is 31.1 Å². The SMILES string of the molecule is CCOC(=O)C(=Cc1ccc(OCCBr)cc1)OCC. The van der Waals surface area contributed by atoms with E-state index in [0.29, 0.717) is 19.8 Å². The van der Waals surface area contributed by atoms with Gasteiger partial charge in [0.15, 0.2) is 0 Å². The second kappa shape index (κ2) is 9.42. The summed E-state index contributed by atoms with van der Waals surface area (Å²) in [6, 6.07) is 7.43. The third-order valence-electron chi connectivity index (χ3n) is 2.30. The van der Waals surface area contributed by atoms with Gasteiger partial charge in [-0.05, 0) is 37.6 Å². The third-order valence-corrected chi connectivity index (χ3v) is 2.62. The molecule has 1 aromatic rings. The molecule has 0 bridgehead atoms. The van der Waals surface area contributed by atoms with E-state index in [2.05, 4.69) is 15.9 Å². The van der Waals surface area contributed by atoms with Crippen LogP contribution in [0.1, 0.15) is 19.4 Å². The van der Waals surface area contributed by atoms with Gasteiger partial charge in [0.1, 0.15) is 5.75 Å². The Morgan fingerprint density at radius 2 is 1.80 bits per heavy atom. The summed E-state index contributed by atoms with van der Waals surface area (Å²) < 4.78 is 15.7. The van der Waals surface area contributed by atoms with Crippen molar-refractivity contribution in [1.29, 1.82) is 0 Å². The van der Waals surface area contributed by atoms with E-state index in [1.54, 1.807) is 13.0 Å². The predicted octanol–water partition coefficient (Wildman–Crippen LogP) is 3.40. The van der Waals surface area contributed by atoms with Crippen LogP contribution in [0, 0.1) is 0 Å². The third kappa shape index (κ3) is 5.65. The average molecular weight is 343 g/mol. The lowest BCUT2D eigenvalue weighted by Gasteiger charge is -2.08. The van der Waals surface area contributed by atoms with E-state index < -0.39 is 5.97 Å². The zero-order chi connectivity index (χ0) is 14.8. The maximum Gasteiger partial charge on any atom is 0.373 e. The molecule has 0 spiro atoms. The number of carbonyl (C=O) groups is 1. The Kier molecular flexibility index (Phi) is 7.80. The summed E-state index contributed by atoms with van der Waals surface area (Å²) in [6.07, 6.45) is 1.66. The van der Waals surface area contributed by atoms with Crippen LogP contribution in [0.4, 0.5) is 0 Å². The topological polar surface area (TPSA) is 44.8 Å². The number of hydrogen-bond acceptors (Lipinski definition) is 4. The number of carbonyl (C=O) groups excluding carboxylic acids is 1. The zero-order valence-electron chi connectivity index (χ0n) is 11.7. The predicted molar refractivity (Wildman–Crippen MR) is 82.0 cm³/mol. The van der Waals surface area contributed by atoms with E-state index in [4.69, 9.17) is 14.2 Å². The first-order valence-electron chi connectivity index (χ1n) is 6.51. The van der Waals surface area contributed by atoms with Gasteiger partial charge in [-0.2, -0.15) is 0 Å². The molecule has 0 saturated carbocycles. The van der Waals surface area contributed by atoms with E-state index >= 15 is 0 Å². The van der Waals surface area contributed by atoms with Gasteiger partial charge in [-0.1, -0.05) is 28.1 Å². The van der Waals surface area contributed by atoms with Crippen LogP contribution >= 0.6 is 15.9 Å². The molecule has 0 aliphatic carbocycles. The number of halogens is 1.